The van der Waals surface area contributed by atoms with Crippen LogP contribution in [0.5, 0.6) is 0 Å². The van der Waals surface area contributed by atoms with Crippen LogP contribution in [0, 0.1) is 19.0 Å². The molecule has 2 unspecified atom stereocenters. The number of halogens is 1. The summed E-state index contributed by atoms with van der Waals surface area (Å²) in [5.41, 5.74) is 5.14. The van der Waals surface area contributed by atoms with Crippen LogP contribution in [0.2, 0.25) is 0 Å². The molecule has 1 aliphatic rings. The average molecular weight is 745 g/mol. The van der Waals surface area contributed by atoms with Crippen molar-refractivity contribution in [2.24, 2.45) is 0 Å². The van der Waals surface area contributed by atoms with Gasteiger partial charge in [-0.15, -0.1) is 53.6 Å². The van der Waals surface area contributed by atoms with E-state index in [1.165, 1.54) is 0 Å². The summed E-state index contributed by atoms with van der Waals surface area (Å²) in [7, 11) is 0. The summed E-state index contributed by atoms with van der Waals surface area (Å²) < 4.78 is 52.8. The maximum absolute atomic E-state index is 13.9. The first kappa shape index (κ1) is 24.3. The minimum Gasteiger partial charge on any atom is -0.501 e. The van der Waals surface area contributed by atoms with Gasteiger partial charge in [-0.05, 0) is 71.1 Å². The largest absolute Gasteiger partial charge is 0.501 e. The Bertz CT molecular complexity index is 2140. The fraction of sp³-hybridized carbons (Fsp3) is 0.158. The number of pyridine rings is 2. The van der Waals surface area contributed by atoms with Gasteiger partial charge in [0.2, 0.25) is 0 Å². The molecule has 3 nitrogen and oxygen atoms in total. The summed E-state index contributed by atoms with van der Waals surface area (Å²) >= 11 is 0. The number of rotatable bonds is 3. The molecule has 7 aromatic rings. The van der Waals surface area contributed by atoms with Crippen molar-refractivity contribution in [1.29, 1.82) is 0 Å². The third-order valence-corrected chi connectivity index (χ3v) is 7.70. The van der Waals surface area contributed by atoms with Crippen LogP contribution in [-0.4, -0.2) is 16.1 Å². The van der Waals surface area contributed by atoms with E-state index < -0.39 is 18.9 Å². The Hall–Kier alpha value is -4.18. The van der Waals surface area contributed by atoms with E-state index in [4.69, 9.17) is 9.90 Å². The Labute approximate surface area is 269 Å². The van der Waals surface area contributed by atoms with Crippen molar-refractivity contribution in [2.45, 2.75) is 38.2 Å². The summed E-state index contributed by atoms with van der Waals surface area (Å²) in [5, 5.41) is 3.19. The van der Waals surface area contributed by atoms with Crippen LogP contribution >= 0.6 is 0 Å². The Morgan fingerprint density at radius 2 is 1.77 bits per heavy atom. The summed E-state index contributed by atoms with van der Waals surface area (Å²) in [6.07, 6.45) is 3.60. The molecular formula is C38H29FIrN2O-2. The first-order valence-electron chi connectivity index (χ1n) is 16.0. The molecule has 8 rings (SSSR count). The van der Waals surface area contributed by atoms with Gasteiger partial charge < -0.3 is 14.4 Å². The fourth-order valence-electron chi connectivity index (χ4n) is 5.67. The predicted molar refractivity (Wildman–Crippen MR) is 168 cm³/mol. The third-order valence-electron chi connectivity index (χ3n) is 7.70. The Balaban J connectivity index is 0.000000250. The smallest absolute Gasteiger partial charge is 0.120 e. The standard InChI is InChI=1S/C27H21FNO.C11H8N.Ir/c1-16-12-23-22-4-2-3-5-25(22)30-27(23)24(13-16)26-21-9-7-17(14-19(21)10-11-29-26)18-6-8-20(28)15-18;1-2-6-10(7-3-1)11-8-4-5-9-12-11;/h2-5,7,9-12,14,18,20H,6,8,15H2,1H3;1-6,8-9H;/q2*-1;/i1D3,18D;;. The van der Waals surface area contributed by atoms with Gasteiger partial charge in [0.1, 0.15) is 11.8 Å². The van der Waals surface area contributed by atoms with Crippen molar-refractivity contribution in [2.75, 3.05) is 0 Å². The van der Waals surface area contributed by atoms with E-state index in [-0.39, 0.29) is 32.1 Å². The zero-order valence-corrected chi connectivity index (χ0v) is 25.5. The zero-order valence-electron chi connectivity index (χ0n) is 27.1. The molecular weight excluding hydrogens is 712 g/mol. The van der Waals surface area contributed by atoms with Gasteiger partial charge in [0.25, 0.3) is 0 Å². The first-order valence-corrected chi connectivity index (χ1v) is 14.0. The van der Waals surface area contributed by atoms with Crippen LogP contribution in [0.25, 0.3) is 55.2 Å². The summed E-state index contributed by atoms with van der Waals surface area (Å²) in [5.74, 6) is -0.934. The number of benzene rings is 4. The van der Waals surface area contributed by atoms with Crippen LogP contribution < -0.4 is 0 Å². The summed E-state index contributed by atoms with van der Waals surface area (Å²) in [6.45, 7) is -2.35. The van der Waals surface area contributed by atoms with E-state index in [1.54, 1.807) is 18.5 Å². The normalized spacial score (nSPS) is 19.5. The van der Waals surface area contributed by atoms with Gasteiger partial charge in [-0.3, -0.25) is 0 Å². The number of furan rings is 1. The van der Waals surface area contributed by atoms with E-state index >= 15 is 0 Å². The van der Waals surface area contributed by atoms with Crippen molar-refractivity contribution in [3.05, 3.63) is 133 Å². The molecule has 1 saturated carbocycles. The quantitative estimate of drug-likeness (QED) is 0.169. The van der Waals surface area contributed by atoms with E-state index in [2.05, 4.69) is 22.1 Å². The molecule has 0 N–H and O–H groups in total. The molecule has 3 heterocycles. The van der Waals surface area contributed by atoms with Crippen LogP contribution in [0.1, 0.15) is 41.8 Å². The van der Waals surface area contributed by atoms with E-state index in [0.29, 0.717) is 40.7 Å². The van der Waals surface area contributed by atoms with Gasteiger partial charge in [-0.2, -0.15) is 0 Å². The first-order chi connectivity index (χ1) is 22.2. The Kier molecular flexibility index (Phi) is 7.11. The summed E-state index contributed by atoms with van der Waals surface area (Å²) in [6, 6.07) is 36.6. The van der Waals surface area contributed by atoms with Crippen LogP contribution in [-0.2, 0) is 20.1 Å². The molecule has 1 radical (unpaired) electrons. The molecule has 0 aliphatic heterocycles. The minimum absolute atomic E-state index is 0. The monoisotopic (exact) mass is 745 g/mol. The van der Waals surface area contributed by atoms with Crippen molar-refractivity contribution < 1.29 is 34.4 Å². The van der Waals surface area contributed by atoms with E-state index in [0.717, 1.165) is 33.0 Å². The number of fused-ring (bicyclic) bond motifs is 4. The molecule has 0 amide bonds. The molecule has 215 valence electrons. The molecule has 43 heavy (non-hydrogen) atoms. The number of aryl methyl sites for hydroxylation is 1. The van der Waals surface area contributed by atoms with Crippen LogP contribution in [0.4, 0.5) is 4.39 Å². The van der Waals surface area contributed by atoms with Gasteiger partial charge in [-0.1, -0.05) is 66.3 Å². The van der Waals surface area contributed by atoms with Crippen LogP contribution in [0.15, 0.2) is 114 Å². The number of hydrogen-bond acceptors (Lipinski definition) is 3. The second kappa shape index (κ2) is 12.6. The molecule has 0 spiro atoms. The number of hydrogen-bond donors (Lipinski definition) is 0. The number of alkyl halides is 1. The maximum Gasteiger partial charge on any atom is 0.120 e. The van der Waals surface area contributed by atoms with Crippen molar-refractivity contribution in [1.82, 2.24) is 9.97 Å². The maximum atomic E-state index is 13.9. The van der Waals surface area contributed by atoms with Crippen molar-refractivity contribution in [3.8, 4) is 22.5 Å². The predicted octanol–water partition coefficient (Wildman–Crippen LogP) is 10.1. The number of nitrogens with zero attached hydrogens (tertiary/aromatic N) is 2. The van der Waals surface area contributed by atoms with Gasteiger partial charge in [-0.25, -0.2) is 4.39 Å². The van der Waals surface area contributed by atoms with Gasteiger partial charge in [0, 0.05) is 43.4 Å². The zero-order chi connectivity index (χ0) is 31.9. The molecule has 5 heteroatoms. The van der Waals surface area contributed by atoms with Crippen LogP contribution in [0.3, 0.4) is 0 Å². The molecule has 3 aromatic heterocycles. The van der Waals surface area contributed by atoms with E-state index in [1.807, 2.05) is 91.0 Å². The Morgan fingerprint density at radius 1 is 0.884 bits per heavy atom. The van der Waals surface area contributed by atoms with Gasteiger partial charge >= 0.3 is 0 Å². The number of aromatic nitrogens is 2. The van der Waals surface area contributed by atoms with Crippen molar-refractivity contribution in [3.63, 3.8) is 0 Å². The summed E-state index contributed by atoms with van der Waals surface area (Å²) in [4.78, 5) is 8.81. The Morgan fingerprint density at radius 3 is 2.56 bits per heavy atom. The second-order valence-electron chi connectivity index (χ2n) is 10.4. The minimum atomic E-state index is -2.35. The molecule has 0 saturated heterocycles. The molecule has 0 bridgehead atoms. The topological polar surface area (TPSA) is 38.9 Å². The number of para-hydroxylation sites is 1. The SMILES string of the molecule is [2H]C([2H])([2H])c1[c-]c(-c2nccc3cc(C4([2H])CCC(F)C4)ccc23)c2oc3ccccc3c2c1.[Ir].[c-]1ccccc1-c1ccccn1. The second-order valence-corrected chi connectivity index (χ2v) is 10.4. The molecule has 1 aliphatic carbocycles. The van der Waals surface area contributed by atoms with Crippen molar-refractivity contribution >= 4 is 32.7 Å². The fourth-order valence-corrected chi connectivity index (χ4v) is 5.67. The molecule has 1 fully saturated rings. The van der Waals surface area contributed by atoms with E-state index in [9.17, 15) is 4.39 Å². The molecule has 4 aromatic carbocycles. The average Bonchev–Trinajstić information content (AvgIpc) is 3.64. The third kappa shape index (κ3) is 5.88. The molecule has 2 atom stereocenters. The van der Waals surface area contributed by atoms with Gasteiger partial charge in [0.15, 0.2) is 0 Å². The van der Waals surface area contributed by atoms with Gasteiger partial charge in [0.05, 0.1) is 5.58 Å².